The Hall–Kier alpha value is -0.450. The van der Waals surface area contributed by atoms with Gasteiger partial charge in [-0.25, -0.2) is 15.0 Å². The molecule has 2 heterocycles. The quantitative estimate of drug-likeness (QED) is 0.695. The third kappa shape index (κ3) is 1.75. The van der Waals surface area contributed by atoms with Gasteiger partial charge in [0.15, 0.2) is 16.0 Å². The summed E-state index contributed by atoms with van der Waals surface area (Å²) < 4.78 is 0.688. The van der Waals surface area contributed by atoms with E-state index in [1.165, 1.54) is 0 Å². The van der Waals surface area contributed by atoms with E-state index in [0.29, 0.717) is 15.8 Å². The van der Waals surface area contributed by atoms with Gasteiger partial charge in [0.25, 0.3) is 0 Å². The normalized spacial score (nSPS) is 10.7. The molecule has 0 radical (unpaired) electrons. The van der Waals surface area contributed by atoms with Gasteiger partial charge in [0.05, 0.1) is 0 Å². The summed E-state index contributed by atoms with van der Waals surface area (Å²) in [6.07, 6.45) is 0. The van der Waals surface area contributed by atoms with Crippen LogP contribution < -0.4 is 0 Å². The first-order valence-electron chi connectivity index (χ1n) is 3.32. The SMILES string of the molecule is Clc1nc2ccc(Br)nc2nc1Cl. The molecule has 0 saturated carbocycles. The summed E-state index contributed by atoms with van der Waals surface area (Å²) in [6.45, 7) is 0. The minimum Gasteiger partial charge on any atom is -0.229 e. The summed E-state index contributed by atoms with van der Waals surface area (Å²) in [4.78, 5) is 12.0. The Balaban J connectivity index is 2.81. The van der Waals surface area contributed by atoms with Crippen LogP contribution in [0.25, 0.3) is 11.2 Å². The second-order valence-corrected chi connectivity index (χ2v) is 3.81. The van der Waals surface area contributed by atoms with E-state index in [4.69, 9.17) is 23.2 Å². The van der Waals surface area contributed by atoms with Crippen molar-refractivity contribution in [2.45, 2.75) is 0 Å². The van der Waals surface area contributed by atoms with Crippen molar-refractivity contribution in [3.8, 4) is 0 Å². The van der Waals surface area contributed by atoms with Crippen molar-refractivity contribution in [2.24, 2.45) is 0 Å². The lowest BCUT2D eigenvalue weighted by molar-refractivity contribution is 1.20. The van der Waals surface area contributed by atoms with E-state index < -0.39 is 0 Å². The summed E-state index contributed by atoms with van der Waals surface area (Å²) in [5.41, 5.74) is 1.10. The zero-order chi connectivity index (χ0) is 9.42. The molecule has 0 unspecified atom stereocenters. The van der Waals surface area contributed by atoms with Crippen LogP contribution in [0.4, 0.5) is 0 Å². The highest BCUT2D eigenvalue weighted by atomic mass is 79.9. The molecule has 0 aromatic carbocycles. The van der Waals surface area contributed by atoms with Gasteiger partial charge in [0, 0.05) is 0 Å². The van der Waals surface area contributed by atoms with Gasteiger partial charge in [-0.15, -0.1) is 0 Å². The molecule has 2 aromatic rings. The van der Waals surface area contributed by atoms with E-state index in [2.05, 4.69) is 30.9 Å². The van der Waals surface area contributed by atoms with Crippen LogP contribution in [0.5, 0.6) is 0 Å². The van der Waals surface area contributed by atoms with Crippen LogP contribution in [-0.2, 0) is 0 Å². The number of pyridine rings is 1. The minimum absolute atomic E-state index is 0.166. The van der Waals surface area contributed by atoms with Crippen molar-refractivity contribution in [1.82, 2.24) is 15.0 Å². The average Bonchev–Trinajstić information content (AvgIpc) is 2.08. The van der Waals surface area contributed by atoms with Crippen molar-refractivity contribution in [3.05, 3.63) is 27.0 Å². The summed E-state index contributed by atoms with van der Waals surface area (Å²) >= 11 is 14.6. The third-order valence-corrected chi connectivity index (χ3v) is 2.48. The van der Waals surface area contributed by atoms with Crippen molar-refractivity contribution in [3.63, 3.8) is 0 Å². The van der Waals surface area contributed by atoms with Crippen LogP contribution in [0.3, 0.4) is 0 Å². The lowest BCUT2D eigenvalue weighted by Gasteiger charge is -1.98. The molecule has 2 aromatic heterocycles. The van der Waals surface area contributed by atoms with Crippen LogP contribution in [-0.4, -0.2) is 15.0 Å². The maximum absolute atomic E-state index is 5.68. The van der Waals surface area contributed by atoms with Crippen LogP contribution >= 0.6 is 39.1 Å². The zero-order valence-electron chi connectivity index (χ0n) is 6.13. The third-order valence-electron chi connectivity index (χ3n) is 1.41. The smallest absolute Gasteiger partial charge is 0.180 e. The summed E-state index contributed by atoms with van der Waals surface area (Å²) in [7, 11) is 0. The molecule has 0 aliphatic carbocycles. The molecular formula is C7H2BrCl2N3. The first-order chi connectivity index (χ1) is 6.16. The van der Waals surface area contributed by atoms with E-state index >= 15 is 0 Å². The van der Waals surface area contributed by atoms with Crippen molar-refractivity contribution >= 4 is 50.3 Å². The molecule has 66 valence electrons. The fourth-order valence-electron chi connectivity index (χ4n) is 0.878. The van der Waals surface area contributed by atoms with Crippen molar-refractivity contribution < 1.29 is 0 Å². The molecule has 0 bridgehead atoms. The lowest BCUT2D eigenvalue weighted by Crippen LogP contribution is -1.89. The van der Waals surface area contributed by atoms with Gasteiger partial charge < -0.3 is 0 Å². The molecule has 0 spiro atoms. The number of nitrogens with zero attached hydrogens (tertiary/aromatic N) is 3. The van der Waals surface area contributed by atoms with Gasteiger partial charge in [-0.2, -0.15) is 0 Å². The molecular weight excluding hydrogens is 277 g/mol. The maximum atomic E-state index is 5.68. The second kappa shape index (κ2) is 3.36. The first-order valence-corrected chi connectivity index (χ1v) is 4.87. The number of fused-ring (bicyclic) bond motifs is 1. The van der Waals surface area contributed by atoms with Crippen LogP contribution in [0.2, 0.25) is 10.3 Å². The van der Waals surface area contributed by atoms with E-state index in [1.54, 1.807) is 12.1 Å². The first kappa shape index (κ1) is 9.12. The Morgan fingerprint density at radius 2 is 1.69 bits per heavy atom. The predicted octanol–water partition coefficient (Wildman–Crippen LogP) is 3.09. The molecule has 6 heteroatoms. The number of rotatable bonds is 0. The molecule has 13 heavy (non-hydrogen) atoms. The molecule has 0 saturated heterocycles. The van der Waals surface area contributed by atoms with E-state index in [-0.39, 0.29) is 10.3 Å². The number of hydrogen-bond donors (Lipinski definition) is 0. The molecule has 0 fully saturated rings. The summed E-state index contributed by atoms with van der Waals surface area (Å²) in [5.74, 6) is 0. The number of halogens is 3. The van der Waals surface area contributed by atoms with E-state index in [1.807, 2.05) is 0 Å². The number of hydrogen-bond acceptors (Lipinski definition) is 3. The van der Waals surface area contributed by atoms with Gasteiger partial charge >= 0.3 is 0 Å². The Morgan fingerprint density at radius 1 is 1.00 bits per heavy atom. The monoisotopic (exact) mass is 277 g/mol. The topological polar surface area (TPSA) is 38.7 Å². The number of aromatic nitrogens is 3. The predicted molar refractivity (Wildman–Crippen MR) is 55.1 cm³/mol. The summed E-state index contributed by atoms with van der Waals surface area (Å²) in [6, 6.07) is 3.53. The molecule has 2 rings (SSSR count). The fourth-order valence-corrected chi connectivity index (χ4v) is 1.43. The van der Waals surface area contributed by atoms with Crippen LogP contribution in [0.15, 0.2) is 16.7 Å². The molecule has 0 amide bonds. The van der Waals surface area contributed by atoms with Gasteiger partial charge in [-0.05, 0) is 28.1 Å². The van der Waals surface area contributed by atoms with Gasteiger partial charge in [-0.1, -0.05) is 23.2 Å². The standard InChI is InChI=1S/C7H2BrCl2N3/c8-4-2-1-3-7(12-4)13-6(10)5(9)11-3/h1-2H. The second-order valence-electron chi connectivity index (χ2n) is 2.28. The fraction of sp³-hybridized carbons (Fsp3) is 0. The molecule has 0 N–H and O–H groups in total. The Kier molecular flexibility index (Phi) is 2.36. The van der Waals surface area contributed by atoms with Crippen LogP contribution in [0, 0.1) is 0 Å². The average molecular weight is 279 g/mol. The van der Waals surface area contributed by atoms with E-state index in [0.717, 1.165) is 0 Å². The van der Waals surface area contributed by atoms with Crippen molar-refractivity contribution in [2.75, 3.05) is 0 Å². The lowest BCUT2D eigenvalue weighted by atomic mass is 10.4. The zero-order valence-corrected chi connectivity index (χ0v) is 9.23. The minimum atomic E-state index is 0.166. The molecule has 0 aliphatic heterocycles. The highest BCUT2D eigenvalue weighted by Crippen LogP contribution is 2.20. The maximum Gasteiger partial charge on any atom is 0.180 e. The highest BCUT2D eigenvalue weighted by Gasteiger charge is 2.05. The largest absolute Gasteiger partial charge is 0.229 e. The molecule has 0 atom stereocenters. The van der Waals surface area contributed by atoms with Crippen molar-refractivity contribution in [1.29, 1.82) is 0 Å². The Morgan fingerprint density at radius 3 is 2.46 bits per heavy atom. The van der Waals surface area contributed by atoms with Crippen LogP contribution in [0.1, 0.15) is 0 Å². The Bertz CT molecular complexity index is 474. The van der Waals surface area contributed by atoms with Gasteiger partial charge in [0.1, 0.15) is 10.1 Å². The molecule has 0 aliphatic rings. The summed E-state index contributed by atoms with van der Waals surface area (Å²) in [5, 5.41) is 0.359. The van der Waals surface area contributed by atoms with Gasteiger partial charge in [0.2, 0.25) is 0 Å². The van der Waals surface area contributed by atoms with E-state index in [9.17, 15) is 0 Å². The highest BCUT2D eigenvalue weighted by molar-refractivity contribution is 9.10. The molecule has 3 nitrogen and oxygen atoms in total. The Labute approximate surface area is 92.2 Å². The van der Waals surface area contributed by atoms with Gasteiger partial charge in [-0.3, -0.25) is 0 Å².